The van der Waals surface area contributed by atoms with Gasteiger partial charge in [0.2, 0.25) is 5.91 Å². The molecule has 0 spiro atoms. The van der Waals surface area contributed by atoms with Crippen LogP contribution in [0.2, 0.25) is 0 Å². The third-order valence-electron chi connectivity index (χ3n) is 5.94. The Morgan fingerprint density at radius 3 is 2.68 bits per heavy atom. The molecule has 5 N–H and O–H groups in total. The fourth-order valence-electron chi connectivity index (χ4n) is 4.02. The van der Waals surface area contributed by atoms with Crippen molar-refractivity contribution in [3.63, 3.8) is 0 Å². The van der Waals surface area contributed by atoms with E-state index in [4.69, 9.17) is 5.73 Å². The molecule has 2 aromatic rings. The molecule has 1 saturated heterocycles. The maximum atomic E-state index is 14.9. The zero-order chi connectivity index (χ0) is 24.6. The van der Waals surface area contributed by atoms with Crippen LogP contribution < -0.4 is 11.1 Å². The molecular weight excluding hydrogens is 459 g/mol. The first-order chi connectivity index (χ1) is 16.0. The lowest BCUT2D eigenvalue weighted by atomic mass is 9.95. The summed E-state index contributed by atoms with van der Waals surface area (Å²) in [6.07, 6.45) is 0.230. The second kappa shape index (κ2) is 9.36. The molecule has 1 aromatic carbocycles. The van der Waals surface area contributed by atoms with Gasteiger partial charge in [0.15, 0.2) is 0 Å². The predicted molar refractivity (Wildman–Crippen MR) is 127 cm³/mol. The number of primary amides is 1. The molecule has 0 aliphatic carbocycles. The fraction of sp³-hybridized carbons (Fsp3) is 0.375. The third kappa shape index (κ3) is 5.08. The summed E-state index contributed by atoms with van der Waals surface area (Å²) in [5.41, 5.74) is 5.81. The Kier molecular flexibility index (Phi) is 6.66. The molecule has 10 heteroatoms. The number of β-amino-alcohol motifs (C(OH)–C–C–N with tert-alkyl or cyclic N) is 1. The lowest BCUT2D eigenvalue weighted by Crippen LogP contribution is -2.30. The van der Waals surface area contributed by atoms with Crippen LogP contribution in [0.5, 0.6) is 0 Å². The molecule has 2 aliphatic rings. The molecule has 8 nitrogen and oxygen atoms in total. The maximum absolute atomic E-state index is 14.9. The van der Waals surface area contributed by atoms with Crippen molar-refractivity contribution in [3.05, 3.63) is 69.6 Å². The van der Waals surface area contributed by atoms with E-state index in [-0.39, 0.29) is 24.6 Å². The summed E-state index contributed by atoms with van der Waals surface area (Å²) in [5.74, 6) is -1.02. The van der Waals surface area contributed by atoms with E-state index in [2.05, 4.69) is 10.3 Å². The number of anilines is 1. The molecule has 2 unspecified atom stereocenters. The van der Waals surface area contributed by atoms with Gasteiger partial charge < -0.3 is 26.2 Å². The Bertz CT molecular complexity index is 1160. The van der Waals surface area contributed by atoms with Crippen molar-refractivity contribution in [2.24, 2.45) is 5.73 Å². The standard InChI is InChI=1S/C24H27FN4O4S/c1-24(2,33)13-6-7-15(17(25)10-13)19-11-16(21(26)31)22(34-19)28-20-5-3-4-18(27-20)23(32)29-9-8-14(30)12-29/h3-7,10,14,19,30,33H,8-9,11-12H2,1-2H3,(H2,26,31)(H,27,28). The summed E-state index contributed by atoms with van der Waals surface area (Å²) in [5, 5.41) is 23.0. The number of thioether (sulfide) groups is 1. The minimum Gasteiger partial charge on any atom is -0.391 e. The number of carbonyl (C=O) groups excluding carboxylic acids is 2. The smallest absolute Gasteiger partial charge is 0.272 e. The average Bonchev–Trinajstić information content (AvgIpc) is 3.39. The molecule has 180 valence electrons. The number of nitrogens with one attached hydrogen (secondary N) is 1. The number of rotatable bonds is 6. The summed E-state index contributed by atoms with van der Waals surface area (Å²) < 4.78 is 14.9. The van der Waals surface area contributed by atoms with Gasteiger partial charge in [-0.3, -0.25) is 9.59 Å². The van der Waals surface area contributed by atoms with Crippen LogP contribution >= 0.6 is 11.8 Å². The number of hydrogen-bond acceptors (Lipinski definition) is 7. The predicted octanol–water partition coefficient (Wildman–Crippen LogP) is 2.64. The Hall–Kier alpha value is -2.95. The summed E-state index contributed by atoms with van der Waals surface area (Å²) >= 11 is 1.26. The van der Waals surface area contributed by atoms with Crippen molar-refractivity contribution >= 4 is 29.4 Å². The molecule has 0 bridgehead atoms. The van der Waals surface area contributed by atoms with Gasteiger partial charge in [-0.15, -0.1) is 0 Å². The van der Waals surface area contributed by atoms with Crippen molar-refractivity contribution in [1.82, 2.24) is 9.88 Å². The van der Waals surface area contributed by atoms with Gasteiger partial charge in [-0.1, -0.05) is 30.0 Å². The van der Waals surface area contributed by atoms with Gasteiger partial charge in [0, 0.05) is 29.5 Å². The third-order valence-corrected chi connectivity index (χ3v) is 7.22. The monoisotopic (exact) mass is 486 g/mol. The van der Waals surface area contributed by atoms with Crippen molar-refractivity contribution < 1.29 is 24.2 Å². The summed E-state index contributed by atoms with van der Waals surface area (Å²) in [6, 6.07) is 9.51. The average molecular weight is 487 g/mol. The fourth-order valence-corrected chi connectivity index (χ4v) is 5.36. The van der Waals surface area contributed by atoms with Crippen LogP contribution in [0.15, 0.2) is 47.0 Å². The van der Waals surface area contributed by atoms with Crippen molar-refractivity contribution in [1.29, 1.82) is 0 Å². The molecular formula is C24H27FN4O4S. The van der Waals surface area contributed by atoms with Gasteiger partial charge >= 0.3 is 0 Å². The topological polar surface area (TPSA) is 129 Å². The SMILES string of the molecule is CC(C)(O)c1ccc(C2CC(C(N)=O)=C(Nc3cccc(C(=O)N4CCC(O)C4)n3)S2)c(F)c1. The molecule has 1 fully saturated rings. The number of hydrogen-bond donors (Lipinski definition) is 4. The summed E-state index contributed by atoms with van der Waals surface area (Å²) in [7, 11) is 0. The first-order valence-electron chi connectivity index (χ1n) is 11.0. The van der Waals surface area contributed by atoms with E-state index in [0.717, 1.165) is 0 Å². The van der Waals surface area contributed by atoms with Gasteiger partial charge in [0.1, 0.15) is 17.3 Å². The lowest BCUT2D eigenvalue weighted by molar-refractivity contribution is -0.114. The zero-order valence-corrected chi connectivity index (χ0v) is 19.7. The summed E-state index contributed by atoms with van der Waals surface area (Å²) in [6.45, 7) is 3.90. The Morgan fingerprint density at radius 1 is 1.29 bits per heavy atom. The van der Waals surface area contributed by atoms with E-state index in [1.54, 1.807) is 49.1 Å². The first-order valence-corrected chi connectivity index (χ1v) is 11.8. The van der Waals surface area contributed by atoms with Crippen molar-refractivity contribution in [3.8, 4) is 0 Å². The molecule has 1 aromatic heterocycles. The number of nitrogens with two attached hydrogens (primary N) is 1. The van der Waals surface area contributed by atoms with E-state index >= 15 is 0 Å². The van der Waals surface area contributed by atoms with Crippen LogP contribution in [0.1, 0.15) is 53.6 Å². The first kappa shape index (κ1) is 24.2. The van der Waals surface area contributed by atoms with Crippen LogP contribution in [0, 0.1) is 5.82 Å². The van der Waals surface area contributed by atoms with Crippen LogP contribution in [0.4, 0.5) is 10.2 Å². The number of benzene rings is 1. The van der Waals surface area contributed by atoms with E-state index in [1.165, 1.54) is 17.8 Å². The number of aliphatic hydroxyl groups is 2. The largest absolute Gasteiger partial charge is 0.391 e. The molecule has 2 amide bonds. The van der Waals surface area contributed by atoms with Crippen LogP contribution in [0.25, 0.3) is 0 Å². The normalized spacial score (nSPS) is 20.7. The van der Waals surface area contributed by atoms with E-state index in [9.17, 15) is 24.2 Å². The van der Waals surface area contributed by atoms with Gasteiger partial charge in [-0.05, 0) is 50.5 Å². The number of carbonyl (C=O) groups is 2. The van der Waals surface area contributed by atoms with Crippen LogP contribution in [0.3, 0.4) is 0 Å². The van der Waals surface area contributed by atoms with E-state index in [0.29, 0.717) is 40.5 Å². The molecule has 34 heavy (non-hydrogen) atoms. The van der Waals surface area contributed by atoms with Gasteiger partial charge in [-0.25, -0.2) is 9.37 Å². The number of aliphatic hydroxyl groups excluding tert-OH is 1. The second-order valence-electron chi connectivity index (χ2n) is 9.00. The number of nitrogens with zero attached hydrogens (tertiary/aromatic N) is 2. The van der Waals surface area contributed by atoms with Crippen LogP contribution in [-0.2, 0) is 10.4 Å². The number of halogens is 1. The van der Waals surface area contributed by atoms with Crippen LogP contribution in [-0.4, -0.2) is 51.1 Å². The van der Waals surface area contributed by atoms with Crippen molar-refractivity contribution in [2.75, 3.05) is 18.4 Å². The van der Waals surface area contributed by atoms with Gasteiger partial charge in [0.25, 0.3) is 5.91 Å². The lowest BCUT2D eigenvalue weighted by Gasteiger charge is -2.20. The molecule has 0 saturated carbocycles. The molecule has 3 heterocycles. The van der Waals surface area contributed by atoms with Gasteiger partial charge in [0.05, 0.1) is 16.7 Å². The Morgan fingerprint density at radius 2 is 2.06 bits per heavy atom. The highest BCUT2D eigenvalue weighted by Gasteiger charge is 2.32. The Balaban J connectivity index is 1.53. The maximum Gasteiger partial charge on any atom is 0.272 e. The number of likely N-dealkylation sites (tertiary alicyclic amines) is 1. The minimum absolute atomic E-state index is 0.216. The molecule has 2 atom stereocenters. The number of amides is 2. The van der Waals surface area contributed by atoms with E-state index < -0.39 is 28.7 Å². The highest BCUT2D eigenvalue weighted by Crippen LogP contribution is 2.48. The van der Waals surface area contributed by atoms with E-state index in [1.807, 2.05) is 0 Å². The Labute approximate surface area is 201 Å². The van der Waals surface area contributed by atoms with Gasteiger partial charge in [-0.2, -0.15) is 0 Å². The minimum atomic E-state index is -1.17. The molecule has 0 radical (unpaired) electrons. The second-order valence-corrected chi connectivity index (χ2v) is 10.2. The molecule has 2 aliphatic heterocycles. The number of aromatic nitrogens is 1. The zero-order valence-electron chi connectivity index (χ0n) is 18.9. The quantitative estimate of drug-likeness (QED) is 0.494. The number of pyridine rings is 1. The highest BCUT2D eigenvalue weighted by atomic mass is 32.2. The highest BCUT2D eigenvalue weighted by molar-refractivity contribution is 8.03. The van der Waals surface area contributed by atoms with Crippen molar-refractivity contribution in [2.45, 2.75) is 43.6 Å². The molecule has 4 rings (SSSR count). The summed E-state index contributed by atoms with van der Waals surface area (Å²) in [4.78, 5) is 30.7.